The molecule has 1 aromatic rings. The molecule has 0 bridgehead atoms. The summed E-state index contributed by atoms with van der Waals surface area (Å²) in [5, 5.41) is 0. The van der Waals surface area contributed by atoms with Crippen LogP contribution in [0.4, 0.5) is 4.39 Å². The number of fused-ring (bicyclic) bond motifs is 1. The van der Waals surface area contributed by atoms with Gasteiger partial charge in [0.2, 0.25) is 0 Å². The smallest absolute Gasteiger partial charge is 0.120 e. The first-order valence-corrected chi connectivity index (χ1v) is 7.67. The number of nitrogens with zero attached hydrogens (tertiary/aromatic N) is 2. The van der Waals surface area contributed by atoms with Crippen molar-refractivity contribution in [2.75, 3.05) is 33.4 Å². The van der Waals surface area contributed by atoms with Gasteiger partial charge >= 0.3 is 0 Å². The van der Waals surface area contributed by atoms with Crippen LogP contribution in [-0.4, -0.2) is 50.6 Å². The molecule has 21 heavy (non-hydrogen) atoms. The Hall–Kier alpha value is -1.26. The highest BCUT2D eigenvalue weighted by atomic mass is 19.1. The van der Waals surface area contributed by atoms with Crippen LogP contribution >= 0.6 is 0 Å². The molecule has 0 radical (unpaired) electrons. The minimum Gasteiger partial charge on any atom is -0.383 e. The normalized spacial score (nSPS) is 25.3. The standard InChI is InChI=1S/C17H23FN2O/c1-12-7-13-9-19-10-14(13)8-16(12)15-3-4-20(5-6-21-2)11-17(15)18/h7-9,15,17H,3-6,10-11H2,1-2H3. The molecule has 1 aromatic carbocycles. The van der Waals surface area contributed by atoms with Crippen molar-refractivity contribution < 1.29 is 9.13 Å². The Labute approximate surface area is 125 Å². The molecule has 3 nitrogen and oxygen atoms in total. The third-order valence-electron chi connectivity index (χ3n) is 4.66. The summed E-state index contributed by atoms with van der Waals surface area (Å²) in [4.78, 5) is 6.47. The molecule has 4 heteroatoms. The van der Waals surface area contributed by atoms with Crippen molar-refractivity contribution in [1.29, 1.82) is 0 Å². The van der Waals surface area contributed by atoms with Gasteiger partial charge in [-0.25, -0.2) is 4.39 Å². The third kappa shape index (κ3) is 3.01. The number of ether oxygens (including phenoxy) is 1. The maximum atomic E-state index is 14.6. The van der Waals surface area contributed by atoms with Crippen LogP contribution in [0.2, 0.25) is 0 Å². The summed E-state index contributed by atoms with van der Waals surface area (Å²) >= 11 is 0. The van der Waals surface area contributed by atoms with Crippen LogP contribution in [-0.2, 0) is 11.3 Å². The Morgan fingerprint density at radius 3 is 3.05 bits per heavy atom. The fraction of sp³-hybridized carbons (Fsp3) is 0.588. The average molecular weight is 290 g/mol. The van der Waals surface area contributed by atoms with Gasteiger partial charge in [-0.05, 0) is 48.2 Å². The van der Waals surface area contributed by atoms with Gasteiger partial charge in [0.1, 0.15) is 6.17 Å². The van der Waals surface area contributed by atoms with Crippen LogP contribution in [0.15, 0.2) is 17.1 Å². The van der Waals surface area contributed by atoms with Crippen molar-refractivity contribution in [1.82, 2.24) is 4.90 Å². The molecule has 0 spiro atoms. The largest absolute Gasteiger partial charge is 0.383 e. The van der Waals surface area contributed by atoms with Gasteiger partial charge in [-0.2, -0.15) is 0 Å². The topological polar surface area (TPSA) is 24.8 Å². The molecule has 2 unspecified atom stereocenters. The minimum atomic E-state index is -0.797. The molecule has 2 heterocycles. The summed E-state index contributed by atoms with van der Waals surface area (Å²) in [5.41, 5.74) is 4.81. The highest BCUT2D eigenvalue weighted by molar-refractivity contribution is 5.85. The zero-order valence-electron chi connectivity index (χ0n) is 12.8. The number of piperidine rings is 1. The van der Waals surface area contributed by atoms with E-state index in [9.17, 15) is 4.39 Å². The van der Waals surface area contributed by atoms with Crippen molar-refractivity contribution in [3.63, 3.8) is 0 Å². The Balaban J connectivity index is 1.73. The predicted octanol–water partition coefficient (Wildman–Crippen LogP) is 2.70. The summed E-state index contributed by atoms with van der Waals surface area (Å²) in [6.45, 7) is 5.79. The third-order valence-corrected chi connectivity index (χ3v) is 4.66. The van der Waals surface area contributed by atoms with Crippen LogP contribution in [0.3, 0.4) is 0 Å². The number of hydrogen-bond acceptors (Lipinski definition) is 3. The summed E-state index contributed by atoms with van der Waals surface area (Å²) in [6, 6.07) is 4.34. The van der Waals surface area contributed by atoms with E-state index >= 15 is 0 Å². The molecule has 2 atom stereocenters. The highest BCUT2D eigenvalue weighted by Gasteiger charge is 2.31. The highest BCUT2D eigenvalue weighted by Crippen LogP contribution is 2.34. The van der Waals surface area contributed by atoms with Gasteiger partial charge in [0.15, 0.2) is 0 Å². The molecule has 0 amide bonds. The average Bonchev–Trinajstić information content (AvgIpc) is 2.91. The molecule has 1 fully saturated rings. The minimum absolute atomic E-state index is 0.0229. The maximum Gasteiger partial charge on any atom is 0.120 e. The van der Waals surface area contributed by atoms with Gasteiger partial charge in [0.05, 0.1) is 13.2 Å². The second-order valence-electron chi connectivity index (χ2n) is 6.08. The molecule has 114 valence electrons. The van der Waals surface area contributed by atoms with E-state index < -0.39 is 6.17 Å². The summed E-state index contributed by atoms with van der Waals surface area (Å²) < 4.78 is 19.7. The molecule has 0 saturated carbocycles. The van der Waals surface area contributed by atoms with Crippen LogP contribution in [0.25, 0.3) is 0 Å². The number of methoxy groups -OCH3 is 1. The van der Waals surface area contributed by atoms with E-state index in [0.717, 1.165) is 26.1 Å². The van der Waals surface area contributed by atoms with Crippen molar-refractivity contribution in [3.8, 4) is 0 Å². The first-order valence-electron chi connectivity index (χ1n) is 7.67. The van der Waals surface area contributed by atoms with Crippen LogP contribution in [0.1, 0.15) is 34.6 Å². The number of hydrogen-bond donors (Lipinski definition) is 0. The van der Waals surface area contributed by atoms with E-state index in [4.69, 9.17) is 4.74 Å². The number of aliphatic imine (C=N–C) groups is 1. The van der Waals surface area contributed by atoms with Crippen molar-refractivity contribution >= 4 is 6.21 Å². The van der Waals surface area contributed by atoms with Gasteiger partial charge in [-0.1, -0.05) is 6.07 Å². The molecular formula is C17H23FN2O. The molecule has 3 rings (SSSR count). The molecule has 2 aliphatic heterocycles. The molecule has 2 aliphatic rings. The Kier molecular flexibility index (Phi) is 4.36. The lowest BCUT2D eigenvalue weighted by Crippen LogP contribution is -2.42. The maximum absolute atomic E-state index is 14.6. The monoisotopic (exact) mass is 290 g/mol. The number of rotatable bonds is 4. The molecule has 0 aliphatic carbocycles. The Morgan fingerprint density at radius 2 is 2.29 bits per heavy atom. The summed E-state index contributed by atoms with van der Waals surface area (Å²) in [6.07, 6.45) is 2.01. The summed E-state index contributed by atoms with van der Waals surface area (Å²) in [7, 11) is 1.69. The van der Waals surface area contributed by atoms with Crippen LogP contribution in [0, 0.1) is 6.92 Å². The van der Waals surface area contributed by atoms with Crippen molar-refractivity contribution in [2.45, 2.75) is 32.0 Å². The molecular weight excluding hydrogens is 267 g/mol. The van der Waals surface area contributed by atoms with Gasteiger partial charge in [0.25, 0.3) is 0 Å². The van der Waals surface area contributed by atoms with Crippen molar-refractivity contribution in [3.05, 3.63) is 34.4 Å². The van der Waals surface area contributed by atoms with Gasteiger partial charge < -0.3 is 4.74 Å². The van der Waals surface area contributed by atoms with Crippen LogP contribution in [0.5, 0.6) is 0 Å². The Bertz CT molecular complexity index is 544. The quantitative estimate of drug-likeness (QED) is 0.851. The van der Waals surface area contributed by atoms with Gasteiger partial charge in [0, 0.05) is 32.3 Å². The Morgan fingerprint density at radius 1 is 1.43 bits per heavy atom. The molecule has 0 aromatic heterocycles. The predicted molar refractivity (Wildman–Crippen MR) is 83.0 cm³/mol. The molecule has 1 saturated heterocycles. The zero-order chi connectivity index (χ0) is 14.8. The van der Waals surface area contributed by atoms with Gasteiger partial charge in [-0.3, -0.25) is 9.89 Å². The number of likely N-dealkylation sites (tertiary alicyclic amines) is 1. The van der Waals surface area contributed by atoms with E-state index in [0.29, 0.717) is 13.2 Å². The first-order chi connectivity index (χ1) is 10.2. The van der Waals surface area contributed by atoms with E-state index in [1.165, 1.54) is 22.3 Å². The first kappa shape index (κ1) is 14.7. The lowest BCUT2D eigenvalue weighted by atomic mass is 9.84. The van der Waals surface area contributed by atoms with E-state index in [1.54, 1.807) is 7.11 Å². The second kappa shape index (κ2) is 6.24. The molecule has 0 N–H and O–H groups in total. The van der Waals surface area contributed by atoms with E-state index in [1.807, 2.05) is 6.21 Å². The van der Waals surface area contributed by atoms with Crippen LogP contribution < -0.4 is 0 Å². The fourth-order valence-corrected chi connectivity index (χ4v) is 3.43. The van der Waals surface area contributed by atoms with Gasteiger partial charge in [-0.15, -0.1) is 0 Å². The summed E-state index contributed by atoms with van der Waals surface area (Å²) in [5.74, 6) is 0.0229. The SMILES string of the molecule is COCCN1CCC(c2cc3c(cc2C)C=NC3)C(F)C1. The second-order valence-corrected chi connectivity index (χ2v) is 6.08. The number of aryl methyl sites for hydroxylation is 1. The lowest BCUT2D eigenvalue weighted by molar-refractivity contribution is 0.0861. The van der Waals surface area contributed by atoms with E-state index in [-0.39, 0.29) is 5.92 Å². The number of alkyl halides is 1. The number of halogens is 1. The zero-order valence-corrected chi connectivity index (χ0v) is 12.8. The lowest BCUT2D eigenvalue weighted by Gasteiger charge is -2.35. The fourth-order valence-electron chi connectivity index (χ4n) is 3.43. The van der Waals surface area contributed by atoms with E-state index in [2.05, 4.69) is 28.9 Å². The van der Waals surface area contributed by atoms with Crippen molar-refractivity contribution in [2.24, 2.45) is 4.99 Å². The number of benzene rings is 1.